The van der Waals surface area contributed by atoms with Crippen LogP contribution in [0, 0.1) is 24.6 Å². The Kier molecular flexibility index (Phi) is 3.97. The molecule has 2 aromatic heterocycles. The first kappa shape index (κ1) is 16.7. The lowest BCUT2D eigenvalue weighted by molar-refractivity contribution is 0.110. The Morgan fingerprint density at radius 1 is 1.19 bits per heavy atom. The van der Waals surface area contributed by atoms with Crippen LogP contribution in [0.25, 0.3) is 22.6 Å². The molecule has 1 saturated carbocycles. The minimum Gasteiger partial charge on any atom is -0.378 e. The quantitative estimate of drug-likeness (QED) is 0.685. The van der Waals surface area contributed by atoms with Gasteiger partial charge >= 0.3 is 0 Å². The van der Waals surface area contributed by atoms with Gasteiger partial charge in [-0.1, -0.05) is 18.1 Å². The van der Waals surface area contributed by atoms with Crippen molar-refractivity contribution in [1.82, 2.24) is 19.5 Å². The second kappa shape index (κ2) is 6.19. The normalized spacial score (nSPS) is 15.8. The van der Waals surface area contributed by atoms with Crippen molar-refractivity contribution in [2.24, 2.45) is 7.05 Å². The van der Waals surface area contributed by atoms with E-state index in [1.807, 2.05) is 24.6 Å². The average Bonchev–Trinajstić information content (AvgIpc) is 3.18. The molecule has 1 fully saturated rings. The summed E-state index contributed by atoms with van der Waals surface area (Å²) < 4.78 is 15.4. The van der Waals surface area contributed by atoms with E-state index in [2.05, 4.69) is 26.8 Å². The number of rotatable bonds is 1. The molecule has 0 saturated heterocycles. The van der Waals surface area contributed by atoms with Crippen LogP contribution in [0.15, 0.2) is 24.3 Å². The molecule has 0 atom stereocenters. The van der Waals surface area contributed by atoms with E-state index >= 15 is 0 Å². The largest absolute Gasteiger partial charge is 0.378 e. The molecule has 6 heteroatoms. The third kappa shape index (κ3) is 2.95. The Morgan fingerprint density at radius 2 is 1.96 bits per heavy atom. The molecule has 1 aliphatic carbocycles. The van der Waals surface area contributed by atoms with Crippen molar-refractivity contribution in [2.75, 3.05) is 0 Å². The molecular weight excluding hydrogens is 331 g/mol. The van der Waals surface area contributed by atoms with E-state index in [0.717, 1.165) is 12.8 Å². The number of hydrogen-bond acceptors (Lipinski definition) is 4. The summed E-state index contributed by atoms with van der Waals surface area (Å²) in [6.45, 7) is 1.85. The molecular formula is C20H19FN4O. The van der Waals surface area contributed by atoms with Crippen LogP contribution in [0.1, 0.15) is 37.2 Å². The molecule has 0 spiro atoms. The Balaban J connectivity index is 1.80. The van der Waals surface area contributed by atoms with Crippen LogP contribution in [0.2, 0.25) is 0 Å². The standard InChI is InChI=1S/C20H19FN4O/c1-13-17-19(23-16(22-13)8-11-20(26)9-3-4-10-20)25(2)18(24-17)14-6-5-7-15(21)12-14/h5-7,12,26H,3-4,9-10H2,1-2H3. The molecule has 1 aromatic carbocycles. The van der Waals surface area contributed by atoms with Crippen molar-refractivity contribution in [2.45, 2.75) is 38.2 Å². The van der Waals surface area contributed by atoms with Crippen molar-refractivity contribution >= 4 is 11.2 Å². The summed E-state index contributed by atoms with van der Waals surface area (Å²) in [7, 11) is 1.84. The average molecular weight is 350 g/mol. The fourth-order valence-corrected chi connectivity index (χ4v) is 3.40. The summed E-state index contributed by atoms with van der Waals surface area (Å²) in [5.74, 6) is 6.53. The fraction of sp³-hybridized carbons (Fsp3) is 0.350. The Bertz CT molecular complexity index is 1050. The summed E-state index contributed by atoms with van der Waals surface area (Å²) in [6.07, 6.45) is 3.36. The zero-order valence-corrected chi connectivity index (χ0v) is 14.8. The molecule has 2 heterocycles. The number of aryl methyl sites for hydroxylation is 2. The number of imidazole rings is 1. The number of benzene rings is 1. The second-order valence-electron chi connectivity index (χ2n) is 6.80. The maximum Gasteiger partial charge on any atom is 0.207 e. The highest BCUT2D eigenvalue weighted by Gasteiger charge is 2.28. The lowest BCUT2D eigenvalue weighted by atomic mass is 10.0. The summed E-state index contributed by atoms with van der Waals surface area (Å²) in [4.78, 5) is 13.5. The summed E-state index contributed by atoms with van der Waals surface area (Å²) in [6, 6.07) is 6.31. The highest BCUT2D eigenvalue weighted by atomic mass is 19.1. The van der Waals surface area contributed by atoms with Crippen LogP contribution >= 0.6 is 0 Å². The molecule has 1 aliphatic rings. The molecule has 3 aromatic rings. The maximum atomic E-state index is 13.6. The molecule has 1 N–H and O–H groups in total. The molecule has 0 radical (unpaired) electrons. The van der Waals surface area contributed by atoms with Gasteiger partial charge in [-0.3, -0.25) is 0 Å². The second-order valence-corrected chi connectivity index (χ2v) is 6.80. The zero-order valence-electron chi connectivity index (χ0n) is 14.8. The van der Waals surface area contributed by atoms with Crippen molar-refractivity contribution < 1.29 is 9.50 Å². The van der Waals surface area contributed by atoms with Gasteiger partial charge < -0.3 is 9.67 Å². The molecule has 26 heavy (non-hydrogen) atoms. The Morgan fingerprint density at radius 3 is 2.69 bits per heavy atom. The lowest BCUT2D eigenvalue weighted by Gasteiger charge is -2.12. The van der Waals surface area contributed by atoms with Crippen LogP contribution < -0.4 is 0 Å². The maximum absolute atomic E-state index is 13.6. The third-order valence-corrected chi connectivity index (χ3v) is 4.81. The van der Waals surface area contributed by atoms with E-state index < -0.39 is 5.60 Å². The van der Waals surface area contributed by atoms with Gasteiger partial charge in [0.05, 0.1) is 5.69 Å². The van der Waals surface area contributed by atoms with Crippen LogP contribution in [-0.2, 0) is 7.05 Å². The minimum atomic E-state index is -0.925. The predicted octanol–water partition coefficient (Wildman–Crippen LogP) is 3.13. The van der Waals surface area contributed by atoms with Gasteiger partial charge in [0.25, 0.3) is 0 Å². The number of fused-ring (bicyclic) bond motifs is 1. The first-order chi connectivity index (χ1) is 12.5. The van der Waals surface area contributed by atoms with E-state index in [0.29, 0.717) is 46.9 Å². The van der Waals surface area contributed by atoms with Gasteiger partial charge in [0.1, 0.15) is 22.8 Å². The van der Waals surface area contributed by atoms with E-state index in [1.165, 1.54) is 12.1 Å². The summed E-state index contributed by atoms with van der Waals surface area (Å²) in [5, 5.41) is 10.4. The van der Waals surface area contributed by atoms with Crippen LogP contribution in [-0.4, -0.2) is 30.2 Å². The highest BCUT2D eigenvalue weighted by Crippen LogP contribution is 2.29. The van der Waals surface area contributed by atoms with Crippen LogP contribution in [0.3, 0.4) is 0 Å². The first-order valence-corrected chi connectivity index (χ1v) is 8.68. The topological polar surface area (TPSA) is 63.8 Å². The molecule has 4 rings (SSSR count). The van der Waals surface area contributed by atoms with Crippen molar-refractivity contribution in [3.63, 3.8) is 0 Å². The number of aromatic nitrogens is 4. The monoisotopic (exact) mass is 350 g/mol. The van der Waals surface area contributed by atoms with Crippen molar-refractivity contribution in [3.8, 4) is 23.2 Å². The van der Waals surface area contributed by atoms with Gasteiger partial charge in [0.15, 0.2) is 5.65 Å². The number of halogens is 1. The van der Waals surface area contributed by atoms with E-state index in [1.54, 1.807) is 6.07 Å². The van der Waals surface area contributed by atoms with Crippen molar-refractivity contribution in [1.29, 1.82) is 0 Å². The van der Waals surface area contributed by atoms with Crippen LogP contribution in [0.5, 0.6) is 0 Å². The predicted molar refractivity (Wildman–Crippen MR) is 96.7 cm³/mol. The lowest BCUT2D eigenvalue weighted by Crippen LogP contribution is -2.20. The summed E-state index contributed by atoms with van der Waals surface area (Å²) >= 11 is 0. The van der Waals surface area contributed by atoms with E-state index in [4.69, 9.17) is 0 Å². The molecule has 0 amide bonds. The van der Waals surface area contributed by atoms with Gasteiger partial charge in [0, 0.05) is 12.6 Å². The first-order valence-electron chi connectivity index (χ1n) is 8.68. The fourth-order valence-electron chi connectivity index (χ4n) is 3.40. The van der Waals surface area contributed by atoms with Gasteiger partial charge in [-0.05, 0) is 50.7 Å². The number of nitrogens with zero attached hydrogens (tertiary/aromatic N) is 4. The smallest absolute Gasteiger partial charge is 0.207 e. The SMILES string of the molecule is Cc1nc(C#CC2(O)CCCC2)nc2c1nc(-c1cccc(F)c1)n2C. The van der Waals surface area contributed by atoms with Gasteiger partial charge in [-0.2, -0.15) is 0 Å². The molecule has 0 unspecified atom stereocenters. The molecule has 0 bridgehead atoms. The number of hydrogen-bond donors (Lipinski definition) is 1. The van der Waals surface area contributed by atoms with Gasteiger partial charge in [-0.25, -0.2) is 19.3 Å². The molecule has 0 aliphatic heterocycles. The molecule has 132 valence electrons. The Labute approximate surface area is 150 Å². The van der Waals surface area contributed by atoms with E-state index in [-0.39, 0.29) is 5.82 Å². The van der Waals surface area contributed by atoms with Gasteiger partial charge in [0.2, 0.25) is 5.82 Å². The third-order valence-electron chi connectivity index (χ3n) is 4.81. The number of aliphatic hydroxyl groups is 1. The molecule has 5 nitrogen and oxygen atoms in total. The summed E-state index contributed by atoms with van der Waals surface area (Å²) in [5.41, 5.74) is 1.76. The highest BCUT2D eigenvalue weighted by molar-refractivity contribution is 5.79. The van der Waals surface area contributed by atoms with Crippen molar-refractivity contribution in [3.05, 3.63) is 41.6 Å². The van der Waals surface area contributed by atoms with Gasteiger partial charge in [-0.15, -0.1) is 0 Å². The Hall–Kier alpha value is -2.78. The van der Waals surface area contributed by atoms with E-state index in [9.17, 15) is 9.50 Å². The minimum absolute atomic E-state index is 0.311. The van der Waals surface area contributed by atoms with Crippen LogP contribution in [0.4, 0.5) is 4.39 Å². The zero-order chi connectivity index (χ0) is 18.3.